The van der Waals surface area contributed by atoms with Gasteiger partial charge in [-0.2, -0.15) is 0 Å². The Morgan fingerprint density at radius 3 is 1.35 bits per heavy atom. The number of benzene rings is 9. The molecule has 0 aliphatic carbocycles. The topological polar surface area (TPSA) is 38.4 Å². The molecule has 0 spiro atoms. The van der Waals surface area contributed by atoms with Gasteiger partial charge in [0.05, 0.1) is 11.4 Å². The lowest BCUT2D eigenvalue weighted by molar-refractivity contribution is 1.50. The Hall–Kier alpha value is -6.81. The number of nitrogens with zero attached hydrogens (tertiary/aromatic N) is 1. The summed E-state index contributed by atoms with van der Waals surface area (Å²) < 4.78 is 2.58. The van der Waals surface area contributed by atoms with E-state index in [0.717, 1.165) is 38.5 Å². The van der Waals surface area contributed by atoms with E-state index in [1.165, 1.54) is 64.7 Å². The molecule has 0 saturated carbocycles. The standard InChI is InChI=1S/C52H36N2S/c1-33(54-50-44-24-14-12-22-42(44)41-21-11-13-23-43(41)49(50)53)34-25-27-38(28-26-34)46-30-40(36-17-7-3-8-18-36)32-48-47-31-39(35-15-5-2-6-16-35)29-45(51(47)55-52(46)48)37-19-9-4-10-20-37/h2-32H,53H2,1H3. The van der Waals surface area contributed by atoms with Crippen LogP contribution in [0.2, 0.25) is 0 Å². The molecule has 0 radical (unpaired) electrons. The first-order valence-electron chi connectivity index (χ1n) is 18.7. The zero-order valence-corrected chi connectivity index (χ0v) is 31.1. The van der Waals surface area contributed by atoms with Gasteiger partial charge in [-0.1, -0.05) is 164 Å². The van der Waals surface area contributed by atoms with E-state index < -0.39 is 0 Å². The van der Waals surface area contributed by atoms with Crippen LogP contribution in [0.25, 0.3) is 86.2 Å². The van der Waals surface area contributed by atoms with Crippen LogP contribution in [0.5, 0.6) is 0 Å². The number of hydrogen-bond donors (Lipinski definition) is 1. The molecule has 2 nitrogen and oxygen atoms in total. The number of thiophene rings is 1. The SMILES string of the molecule is CC(=Nc1c(N)c2ccccc2c2ccccc12)c1ccc(-c2cc(-c3ccccc3)cc3c2sc2c(-c4ccccc4)cc(-c4ccccc4)cc23)cc1. The largest absolute Gasteiger partial charge is 0.396 e. The summed E-state index contributed by atoms with van der Waals surface area (Å²) in [5, 5.41) is 6.94. The molecule has 9 aromatic carbocycles. The molecule has 1 heterocycles. The van der Waals surface area contributed by atoms with E-state index in [0.29, 0.717) is 5.69 Å². The van der Waals surface area contributed by atoms with Crippen molar-refractivity contribution in [2.24, 2.45) is 4.99 Å². The summed E-state index contributed by atoms with van der Waals surface area (Å²) in [6, 6.07) is 67.4. The van der Waals surface area contributed by atoms with Gasteiger partial charge in [0.1, 0.15) is 0 Å². The fraction of sp³-hybridized carbons (Fsp3) is 0.0192. The molecule has 0 fully saturated rings. The van der Waals surface area contributed by atoms with Crippen molar-refractivity contribution in [2.45, 2.75) is 6.92 Å². The van der Waals surface area contributed by atoms with E-state index in [2.05, 4.69) is 189 Å². The summed E-state index contributed by atoms with van der Waals surface area (Å²) in [4.78, 5) is 5.21. The summed E-state index contributed by atoms with van der Waals surface area (Å²) in [5.41, 5.74) is 20.1. The third-order valence-electron chi connectivity index (χ3n) is 10.8. The van der Waals surface area contributed by atoms with E-state index in [1.807, 2.05) is 17.4 Å². The molecule has 0 amide bonds. The minimum atomic E-state index is 0.709. The predicted molar refractivity (Wildman–Crippen MR) is 239 cm³/mol. The van der Waals surface area contributed by atoms with Crippen LogP contribution >= 0.6 is 11.3 Å². The van der Waals surface area contributed by atoms with Crippen LogP contribution in [0, 0.1) is 0 Å². The van der Waals surface area contributed by atoms with Crippen LogP contribution in [-0.4, -0.2) is 5.71 Å². The zero-order chi connectivity index (χ0) is 36.9. The Labute approximate surface area is 324 Å². The normalized spacial score (nSPS) is 11.9. The molecule has 260 valence electrons. The van der Waals surface area contributed by atoms with Crippen molar-refractivity contribution < 1.29 is 0 Å². The number of fused-ring (bicyclic) bond motifs is 6. The first kappa shape index (κ1) is 32.8. The van der Waals surface area contributed by atoms with Crippen LogP contribution < -0.4 is 5.73 Å². The van der Waals surface area contributed by atoms with E-state index in [-0.39, 0.29) is 0 Å². The van der Waals surface area contributed by atoms with E-state index in [1.54, 1.807) is 0 Å². The van der Waals surface area contributed by atoms with E-state index >= 15 is 0 Å². The Morgan fingerprint density at radius 2 is 0.818 bits per heavy atom. The summed E-state index contributed by atoms with van der Waals surface area (Å²) in [6.07, 6.45) is 0. The number of hydrogen-bond acceptors (Lipinski definition) is 3. The molecule has 1 aromatic heterocycles. The first-order chi connectivity index (χ1) is 27.1. The second-order valence-electron chi connectivity index (χ2n) is 14.1. The quantitative estimate of drug-likeness (QED) is 0.104. The van der Waals surface area contributed by atoms with Crippen LogP contribution in [-0.2, 0) is 0 Å². The van der Waals surface area contributed by atoms with Gasteiger partial charge < -0.3 is 5.73 Å². The van der Waals surface area contributed by atoms with Crippen molar-refractivity contribution in [3.8, 4) is 44.5 Å². The van der Waals surface area contributed by atoms with Gasteiger partial charge in [-0.05, 0) is 80.9 Å². The molecule has 0 unspecified atom stereocenters. The lowest BCUT2D eigenvalue weighted by atomic mass is 9.93. The molecule has 55 heavy (non-hydrogen) atoms. The van der Waals surface area contributed by atoms with Crippen LogP contribution in [0.1, 0.15) is 12.5 Å². The summed E-state index contributed by atoms with van der Waals surface area (Å²) in [7, 11) is 0. The van der Waals surface area contributed by atoms with Gasteiger partial charge >= 0.3 is 0 Å². The second-order valence-corrected chi connectivity index (χ2v) is 15.1. The Bertz CT molecular complexity index is 3070. The van der Waals surface area contributed by atoms with Crippen molar-refractivity contribution in [3.05, 3.63) is 194 Å². The molecular weight excluding hydrogens is 685 g/mol. The maximum absolute atomic E-state index is 6.84. The molecule has 0 aliphatic heterocycles. The molecular formula is C52H36N2S. The molecule has 0 atom stereocenters. The van der Waals surface area contributed by atoms with Crippen LogP contribution in [0.3, 0.4) is 0 Å². The van der Waals surface area contributed by atoms with Crippen molar-refractivity contribution in [2.75, 3.05) is 5.73 Å². The van der Waals surface area contributed by atoms with Gasteiger partial charge in [0.15, 0.2) is 0 Å². The number of rotatable bonds is 6. The second kappa shape index (κ2) is 13.6. The number of nitrogens with two attached hydrogens (primary N) is 1. The zero-order valence-electron chi connectivity index (χ0n) is 30.3. The van der Waals surface area contributed by atoms with E-state index in [4.69, 9.17) is 10.7 Å². The Balaban J connectivity index is 1.15. The van der Waals surface area contributed by atoms with E-state index in [9.17, 15) is 0 Å². The third kappa shape index (κ3) is 5.77. The van der Waals surface area contributed by atoms with Crippen molar-refractivity contribution in [1.82, 2.24) is 0 Å². The highest BCUT2D eigenvalue weighted by Gasteiger charge is 2.19. The minimum absolute atomic E-state index is 0.709. The lowest BCUT2D eigenvalue weighted by Gasteiger charge is -2.13. The van der Waals surface area contributed by atoms with Gasteiger partial charge in [0.25, 0.3) is 0 Å². The Kier molecular flexibility index (Phi) is 8.09. The smallest absolute Gasteiger partial charge is 0.0947 e. The number of nitrogen functional groups attached to an aromatic ring is 1. The molecule has 2 N–H and O–H groups in total. The number of aliphatic imine (C=N–C) groups is 1. The fourth-order valence-electron chi connectivity index (χ4n) is 8.01. The molecule has 0 aliphatic rings. The monoisotopic (exact) mass is 720 g/mol. The summed E-state index contributed by atoms with van der Waals surface area (Å²) in [6.45, 7) is 2.08. The summed E-state index contributed by atoms with van der Waals surface area (Å²) >= 11 is 1.89. The highest BCUT2D eigenvalue weighted by molar-refractivity contribution is 7.27. The van der Waals surface area contributed by atoms with Gasteiger partial charge in [-0.25, -0.2) is 0 Å². The average molecular weight is 721 g/mol. The third-order valence-corrected chi connectivity index (χ3v) is 12.1. The van der Waals surface area contributed by atoms with Gasteiger partial charge in [-0.3, -0.25) is 4.99 Å². The van der Waals surface area contributed by atoms with Gasteiger partial charge in [0, 0.05) is 47.8 Å². The van der Waals surface area contributed by atoms with Crippen molar-refractivity contribution >= 4 is 70.1 Å². The molecule has 3 heteroatoms. The maximum Gasteiger partial charge on any atom is 0.0947 e. The van der Waals surface area contributed by atoms with Crippen LogP contribution in [0.4, 0.5) is 11.4 Å². The van der Waals surface area contributed by atoms with Crippen LogP contribution in [0.15, 0.2) is 193 Å². The highest BCUT2D eigenvalue weighted by Crippen LogP contribution is 2.47. The average Bonchev–Trinajstić information content (AvgIpc) is 3.64. The van der Waals surface area contributed by atoms with Gasteiger partial charge in [-0.15, -0.1) is 11.3 Å². The highest BCUT2D eigenvalue weighted by atomic mass is 32.1. The maximum atomic E-state index is 6.84. The number of anilines is 1. The predicted octanol–water partition coefficient (Wildman–Crippen LogP) is 14.8. The Morgan fingerprint density at radius 1 is 0.400 bits per heavy atom. The van der Waals surface area contributed by atoms with Crippen molar-refractivity contribution in [3.63, 3.8) is 0 Å². The molecule has 0 saturated heterocycles. The minimum Gasteiger partial charge on any atom is -0.396 e. The molecule has 10 rings (SSSR count). The first-order valence-corrected chi connectivity index (χ1v) is 19.5. The molecule has 10 aromatic rings. The lowest BCUT2D eigenvalue weighted by Crippen LogP contribution is -1.96. The van der Waals surface area contributed by atoms with Gasteiger partial charge in [0.2, 0.25) is 0 Å². The van der Waals surface area contributed by atoms with Crippen molar-refractivity contribution in [1.29, 1.82) is 0 Å². The molecule has 0 bridgehead atoms. The summed E-state index contributed by atoms with van der Waals surface area (Å²) in [5.74, 6) is 0. The fourth-order valence-corrected chi connectivity index (χ4v) is 9.35.